The molecule has 0 atom stereocenters. The fraction of sp³-hybridized carbons (Fsp3) is 0. The van der Waals surface area contributed by atoms with Gasteiger partial charge in [-0.05, 0) is 142 Å². The molecule has 0 N–H and O–H groups in total. The summed E-state index contributed by atoms with van der Waals surface area (Å²) >= 11 is 0. The van der Waals surface area contributed by atoms with Crippen LogP contribution in [-0.4, -0.2) is 0 Å². The molecule has 0 aliphatic heterocycles. The third-order valence-electron chi connectivity index (χ3n) is 13.5. The zero-order valence-electron chi connectivity index (χ0n) is 38.1. The Hall–Kier alpha value is -9.04. The molecule has 0 aliphatic rings. The molecular weight excluding hydrogens is 831 g/mol. The maximum absolute atomic E-state index is 2.41. The topological polar surface area (TPSA) is 3.24 Å². The van der Waals surface area contributed by atoms with Gasteiger partial charge in [0.25, 0.3) is 0 Å². The first-order valence-electron chi connectivity index (χ1n) is 23.7. The van der Waals surface area contributed by atoms with Gasteiger partial charge in [0.15, 0.2) is 0 Å². The second kappa shape index (κ2) is 18.3. The molecule has 0 bridgehead atoms. The van der Waals surface area contributed by atoms with Crippen molar-refractivity contribution in [1.29, 1.82) is 0 Å². The molecule has 1 nitrogen and oxygen atoms in total. The Morgan fingerprint density at radius 2 is 0.507 bits per heavy atom. The summed E-state index contributed by atoms with van der Waals surface area (Å²) in [5.74, 6) is 0. The van der Waals surface area contributed by atoms with E-state index in [0.29, 0.717) is 0 Å². The molecule has 0 aliphatic carbocycles. The van der Waals surface area contributed by atoms with Crippen molar-refractivity contribution in [3.05, 3.63) is 285 Å². The van der Waals surface area contributed by atoms with Gasteiger partial charge in [-0.1, -0.05) is 243 Å². The van der Waals surface area contributed by atoms with Crippen LogP contribution in [0.1, 0.15) is 0 Å². The van der Waals surface area contributed by atoms with Gasteiger partial charge in [-0.3, -0.25) is 0 Å². The fourth-order valence-corrected chi connectivity index (χ4v) is 10.1. The van der Waals surface area contributed by atoms with E-state index in [1.807, 2.05) is 0 Å². The second-order valence-electron chi connectivity index (χ2n) is 17.6. The van der Waals surface area contributed by atoms with Gasteiger partial charge in [0, 0.05) is 17.1 Å². The summed E-state index contributed by atoms with van der Waals surface area (Å²) in [6, 6.07) is 104. The van der Waals surface area contributed by atoms with E-state index in [1.54, 1.807) is 0 Å². The molecule has 0 fully saturated rings. The molecule has 0 aromatic heterocycles. The van der Waals surface area contributed by atoms with Crippen LogP contribution in [0.5, 0.6) is 0 Å². The molecule has 0 spiro atoms. The lowest BCUT2D eigenvalue weighted by atomic mass is 9.84. The van der Waals surface area contributed by atoms with E-state index in [0.717, 1.165) is 22.6 Å². The average Bonchev–Trinajstić information content (AvgIpc) is 3.44. The van der Waals surface area contributed by atoms with Crippen molar-refractivity contribution in [2.45, 2.75) is 0 Å². The summed E-state index contributed by atoms with van der Waals surface area (Å²) < 4.78 is 0. The first-order chi connectivity index (χ1) is 34.2. The predicted molar refractivity (Wildman–Crippen MR) is 294 cm³/mol. The summed E-state index contributed by atoms with van der Waals surface area (Å²) in [5.41, 5.74) is 20.1. The van der Waals surface area contributed by atoms with E-state index in [2.05, 4.69) is 290 Å². The van der Waals surface area contributed by atoms with Crippen molar-refractivity contribution < 1.29 is 0 Å². The number of hydrogen-bond donors (Lipinski definition) is 0. The van der Waals surface area contributed by atoms with E-state index in [4.69, 9.17) is 0 Å². The minimum atomic E-state index is 1.08. The van der Waals surface area contributed by atoms with Crippen molar-refractivity contribution in [2.24, 2.45) is 0 Å². The Labute approximate surface area is 404 Å². The molecule has 0 radical (unpaired) electrons. The molecule has 324 valence electrons. The lowest BCUT2D eigenvalue weighted by molar-refractivity contribution is 1.28. The summed E-state index contributed by atoms with van der Waals surface area (Å²) in [6.45, 7) is 0. The minimum absolute atomic E-state index is 1.08. The van der Waals surface area contributed by atoms with Crippen molar-refractivity contribution in [3.63, 3.8) is 0 Å². The first kappa shape index (κ1) is 41.4. The van der Waals surface area contributed by atoms with E-state index in [-0.39, 0.29) is 0 Å². The second-order valence-corrected chi connectivity index (χ2v) is 17.6. The largest absolute Gasteiger partial charge is 0.310 e. The lowest BCUT2D eigenvalue weighted by Crippen LogP contribution is -2.10. The quantitative estimate of drug-likeness (QED) is 0.124. The molecule has 0 saturated heterocycles. The number of anilines is 3. The van der Waals surface area contributed by atoms with Crippen molar-refractivity contribution in [1.82, 2.24) is 0 Å². The Bertz CT molecular complexity index is 3700. The van der Waals surface area contributed by atoms with Crippen LogP contribution in [-0.2, 0) is 0 Å². The molecule has 69 heavy (non-hydrogen) atoms. The van der Waals surface area contributed by atoms with Crippen LogP contribution in [0.3, 0.4) is 0 Å². The predicted octanol–water partition coefficient (Wildman–Crippen LogP) is 19.1. The molecule has 0 unspecified atom stereocenters. The highest BCUT2D eigenvalue weighted by Crippen LogP contribution is 2.46. The van der Waals surface area contributed by atoms with E-state index in [9.17, 15) is 0 Å². The summed E-state index contributed by atoms with van der Waals surface area (Å²) in [6.07, 6.45) is 0. The van der Waals surface area contributed by atoms with Gasteiger partial charge < -0.3 is 4.90 Å². The van der Waals surface area contributed by atoms with Crippen molar-refractivity contribution in [3.8, 4) is 77.9 Å². The smallest absolute Gasteiger partial charge is 0.0468 e. The van der Waals surface area contributed by atoms with Crippen LogP contribution in [0, 0.1) is 0 Å². The Morgan fingerprint density at radius 1 is 0.174 bits per heavy atom. The highest BCUT2D eigenvalue weighted by atomic mass is 15.1. The van der Waals surface area contributed by atoms with Crippen LogP contribution in [0.15, 0.2) is 285 Å². The number of rotatable bonds is 10. The number of benzene rings is 12. The van der Waals surface area contributed by atoms with E-state index in [1.165, 1.54) is 93.9 Å². The maximum Gasteiger partial charge on any atom is 0.0468 e. The standard InChI is InChI=1S/C68H47N/c1-6-18-48(19-7-1)49-30-32-50(33-31-49)51-34-39-58(40-35-51)69(60-43-45-61(53-20-8-2-9-21-53)65(47-60)54-22-10-3-11-23-54)59-41-36-52(37-42-59)57-38-44-63-62-28-16-17-29-64(62)67(55-24-12-4-13-25-55)68(66(63)46-57)56-26-14-5-15-27-56/h1-47H. The monoisotopic (exact) mass is 877 g/mol. The highest BCUT2D eigenvalue weighted by molar-refractivity contribution is 6.22. The summed E-state index contributed by atoms with van der Waals surface area (Å²) in [7, 11) is 0. The SMILES string of the molecule is c1ccc(-c2ccc(-c3ccc(N(c4ccc(-c5ccc6c(c5)c(-c5ccccc5)c(-c5ccccc5)c5ccccc56)cc4)c4ccc(-c5ccccc5)c(-c5ccccc5)c4)cc3)cc2)cc1. The van der Waals surface area contributed by atoms with Crippen LogP contribution in [0.25, 0.3) is 99.4 Å². The van der Waals surface area contributed by atoms with E-state index < -0.39 is 0 Å². The van der Waals surface area contributed by atoms with Gasteiger partial charge >= 0.3 is 0 Å². The van der Waals surface area contributed by atoms with Gasteiger partial charge in [-0.2, -0.15) is 0 Å². The first-order valence-corrected chi connectivity index (χ1v) is 23.7. The zero-order valence-corrected chi connectivity index (χ0v) is 38.1. The van der Waals surface area contributed by atoms with E-state index >= 15 is 0 Å². The number of hydrogen-bond acceptors (Lipinski definition) is 1. The van der Waals surface area contributed by atoms with Gasteiger partial charge in [0.2, 0.25) is 0 Å². The number of nitrogens with zero attached hydrogens (tertiary/aromatic N) is 1. The summed E-state index contributed by atoms with van der Waals surface area (Å²) in [5, 5.41) is 5.00. The molecule has 12 aromatic rings. The van der Waals surface area contributed by atoms with Gasteiger partial charge in [0.1, 0.15) is 0 Å². The van der Waals surface area contributed by atoms with Gasteiger partial charge in [-0.25, -0.2) is 0 Å². The maximum atomic E-state index is 2.41. The Balaban J connectivity index is 0.981. The third kappa shape index (κ3) is 8.07. The fourth-order valence-electron chi connectivity index (χ4n) is 10.1. The molecule has 12 rings (SSSR count). The number of fused-ring (bicyclic) bond motifs is 3. The van der Waals surface area contributed by atoms with Gasteiger partial charge in [0.05, 0.1) is 0 Å². The molecule has 0 amide bonds. The lowest BCUT2D eigenvalue weighted by Gasteiger charge is -2.27. The van der Waals surface area contributed by atoms with Crippen LogP contribution in [0.2, 0.25) is 0 Å². The molecule has 0 saturated carbocycles. The molecular formula is C68H47N. The van der Waals surface area contributed by atoms with Crippen LogP contribution >= 0.6 is 0 Å². The minimum Gasteiger partial charge on any atom is -0.310 e. The van der Waals surface area contributed by atoms with Crippen molar-refractivity contribution >= 4 is 38.6 Å². The Kier molecular flexibility index (Phi) is 11.0. The zero-order chi connectivity index (χ0) is 45.9. The molecule has 0 heterocycles. The van der Waals surface area contributed by atoms with Gasteiger partial charge in [-0.15, -0.1) is 0 Å². The third-order valence-corrected chi connectivity index (χ3v) is 13.5. The van der Waals surface area contributed by atoms with Crippen LogP contribution in [0.4, 0.5) is 17.1 Å². The normalized spacial score (nSPS) is 11.2. The van der Waals surface area contributed by atoms with Crippen LogP contribution < -0.4 is 4.90 Å². The molecule has 12 aromatic carbocycles. The highest BCUT2D eigenvalue weighted by Gasteiger charge is 2.20. The summed E-state index contributed by atoms with van der Waals surface area (Å²) in [4.78, 5) is 2.39. The van der Waals surface area contributed by atoms with Crippen molar-refractivity contribution in [2.75, 3.05) is 4.90 Å². The molecule has 1 heteroatoms. The average molecular weight is 878 g/mol. The Morgan fingerprint density at radius 3 is 1.01 bits per heavy atom.